The summed E-state index contributed by atoms with van der Waals surface area (Å²) in [7, 11) is 0. The topological polar surface area (TPSA) is 12.0 Å². The second-order valence-corrected chi connectivity index (χ2v) is 7.53. The van der Waals surface area contributed by atoms with Crippen molar-refractivity contribution in [2.24, 2.45) is 5.41 Å². The number of hydrogen-bond donors (Lipinski definition) is 1. The van der Waals surface area contributed by atoms with E-state index in [2.05, 4.69) is 43.4 Å². The van der Waals surface area contributed by atoms with Crippen molar-refractivity contribution >= 4 is 0 Å². The lowest BCUT2D eigenvalue weighted by atomic mass is 9.73. The van der Waals surface area contributed by atoms with Crippen LogP contribution < -0.4 is 5.32 Å². The highest BCUT2D eigenvalue weighted by Gasteiger charge is 2.33. The minimum Gasteiger partial charge on any atom is -0.313 e. The first-order chi connectivity index (χ1) is 9.65. The van der Waals surface area contributed by atoms with Gasteiger partial charge in [-0.2, -0.15) is 0 Å². The van der Waals surface area contributed by atoms with E-state index in [0.29, 0.717) is 5.41 Å². The zero-order chi connectivity index (χ0) is 14.0. The van der Waals surface area contributed by atoms with Crippen LogP contribution in [0, 0.1) is 12.3 Å². The van der Waals surface area contributed by atoms with Crippen LogP contribution in [0.25, 0.3) is 0 Å². The van der Waals surface area contributed by atoms with E-state index in [1.54, 1.807) is 0 Å². The summed E-state index contributed by atoms with van der Waals surface area (Å²) in [6.07, 6.45) is 9.85. The third kappa shape index (κ3) is 3.25. The molecule has 0 saturated heterocycles. The third-order valence-corrected chi connectivity index (χ3v) is 5.57. The van der Waals surface area contributed by atoms with E-state index in [0.717, 1.165) is 12.0 Å². The molecule has 20 heavy (non-hydrogen) atoms. The molecular weight excluding hydrogens is 242 g/mol. The lowest BCUT2D eigenvalue weighted by Crippen LogP contribution is -2.45. The fourth-order valence-electron chi connectivity index (χ4n) is 3.87. The van der Waals surface area contributed by atoms with E-state index in [4.69, 9.17) is 0 Å². The quantitative estimate of drug-likeness (QED) is 0.829. The maximum absolute atomic E-state index is 3.84. The van der Waals surface area contributed by atoms with Crippen molar-refractivity contribution in [2.45, 2.75) is 70.8 Å². The van der Waals surface area contributed by atoms with Crippen LogP contribution in [0.15, 0.2) is 24.3 Å². The predicted molar refractivity (Wildman–Crippen MR) is 86.1 cm³/mol. The second kappa shape index (κ2) is 5.89. The Balaban J connectivity index is 1.43. The van der Waals surface area contributed by atoms with Gasteiger partial charge in [0.2, 0.25) is 0 Å². The van der Waals surface area contributed by atoms with Crippen molar-refractivity contribution in [3.63, 3.8) is 0 Å². The molecular formula is C19H29N. The highest BCUT2D eigenvalue weighted by molar-refractivity contribution is 5.26. The molecule has 2 aliphatic carbocycles. The summed E-state index contributed by atoms with van der Waals surface area (Å²) in [4.78, 5) is 0. The van der Waals surface area contributed by atoms with E-state index in [-0.39, 0.29) is 0 Å². The Morgan fingerprint density at radius 1 is 1.05 bits per heavy atom. The van der Waals surface area contributed by atoms with E-state index < -0.39 is 0 Å². The maximum Gasteiger partial charge on any atom is 0.00789 e. The van der Waals surface area contributed by atoms with Gasteiger partial charge in [-0.1, -0.05) is 56.0 Å². The van der Waals surface area contributed by atoms with E-state index >= 15 is 0 Å². The second-order valence-electron chi connectivity index (χ2n) is 7.53. The highest BCUT2D eigenvalue weighted by atomic mass is 14.9. The number of benzene rings is 1. The number of rotatable bonds is 4. The first-order valence-corrected chi connectivity index (χ1v) is 8.45. The van der Waals surface area contributed by atoms with Crippen molar-refractivity contribution in [3.8, 4) is 0 Å². The van der Waals surface area contributed by atoms with E-state index in [1.807, 2.05) is 0 Å². The van der Waals surface area contributed by atoms with Crippen LogP contribution in [0.1, 0.15) is 68.9 Å². The summed E-state index contributed by atoms with van der Waals surface area (Å²) in [5.41, 5.74) is 3.48. The minimum atomic E-state index is 0.577. The summed E-state index contributed by atoms with van der Waals surface area (Å²) in [5, 5.41) is 3.84. The summed E-state index contributed by atoms with van der Waals surface area (Å²) in [6.45, 7) is 5.88. The van der Waals surface area contributed by atoms with Crippen molar-refractivity contribution < 1.29 is 0 Å². The first kappa shape index (κ1) is 14.1. The summed E-state index contributed by atoms with van der Waals surface area (Å²) in [5.74, 6) is 0.798. The maximum atomic E-state index is 3.84. The van der Waals surface area contributed by atoms with Gasteiger partial charge in [0.15, 0.2) is 0 Å². The molecule has 0 unspecified atom stereocenters. The molecule has 2 saturated carbocycles. The molecule has 0 radical (unpaired) electrons. The number of hydrogen-bond acceptors (Lipinski definition) is 1. The Bertz CT molecular complexity index is 422. The van der Waals surface area contributed by atoms with Gasteiger partial charge in [0.1, 0.15) is 0 Å². The Hall–Kier alpha value is -0.820. The van der Waals surface area contributed by atoms with Gasteiger partial charge in [-0.25, -0.2) is 0 Å². The molecule has 1 aromatic rings. The average molecular weight is 271 g/mol. The van der Waals surface area contributed by atoms with Gasteiger partial charge in [0, 0.05) is 12.6 Å². The van der Waals surface area contributed by atoms with Gasteiger partial charge in [-0.05, 0) is 49.5 Å². The molecule has 1 N–H and O–H groups in total. The molecule has 0 aromatic heterocycles. The molecule has 0 aliphatic heterocycles. The van der Waals surface area contributed by atoms with Gasteiger partial charge >= 0.3 is 0 Å². The van der Waals surface area contributed by atoms with Crippen LogP contribution in [-0.2, 0) is 0 Å². The Morgan fingerprint density at radius 2 is 1.70 bits per heavy atom. The molecule has 1 heteroatoms. The monoisotopic (exact) mass is 271 g/mol. The van der Waals surface area contributed by atoms with Crippen LogP contribution in [0.3, 0.4) is 0 Å². The molecule has 2 fully saturated rings. The lowest BCUT2D eigenvalue weighted by molar-refractivity contribution is 0.178. The fourth-order valence-corrected chi connectivity index (χ4v) is 3.87. The van der Waals surface area contributed by atoms with Crippen LogP contribution in [-0.4, -0.2) is 12.6 Å². The Morgan fingerprint density at radius 3 is 2.35 bits per heavy atom. The highest BCUT2D eigenvalue weighted by Crippen LogP contribution is 2.39. The fraction of sp³-hybridized carbons (Fsp3) is 0.684. The predicted octanol–water partition coefficient (Wildman–Crippen LogP) is 4.80. The minimum absolute atomic E-state index is 0.577. The molecule has 0 bridgehead atoms. The lowest BCUT2D eigenvalue weighted by Gasteiger charge is -2.41. The summed E-state index contributed by atoms with van der Waals surface area (Å²) < 4.78 is 0. The zero-order valence-electron chi connectivity index (χ0n) is 13.1. The molecule has 0 atom stereocenters. The van der Waals surface area contributed by atoms with Crippen LogP contribution in [0.5, 0.6) is 0 Å². The van der Waals surface area contributed by atoms with Gasteiger partial charge in [0.25, 0.3) is 0 Å². The largest absolute Gasteiger partial charge is 0.313 e. The zero-order valence-corrected chi connectivity index (χ0v) is 13.1. The molecule has 0 spiro atoms. The molecule has 0 heterocycles. The smallest absolute Gasteiger partial charge is 0.00789 e. The molecule has 1 aromatic carbocycles. The van der Waals surface area contributed by atoms with Crippen molar-refractivity contribution in [1.82, 2.24) is 5.32 Å². The molecule has 1 nitrogen and oxygen atoms in total. The number of aryl methyl sites for hydroxylation is 1. The number of nitrogens with one attached hydrogen (secondary N) is 1. The Labute approximate surface area is 124 Å². The standard InChI is InChI=1S/C19H29N/c1-15-6-8-16(9-7-15)17-12-18(13-17)20-14-19(2)10-4-3-5-11-19/h6-9,17-18,20H,3-5,10-14H2,1-2H3. The Kier molecular flexibility index (Phi) is 4.16. The van der Waals surface area contributed by atoms with Crippen LogP contribution in [0.4, 0.5) is 0 Å². The van der Waals surface area contributed by atoms with Crippen LogP contribution >= 0.6 is 0 Å². The molecule has 3 rings (SSSR count). The summed E-state index contributed by atoms with van der Waals surface area (Å²) in [6, 6.07) is 9.90. The van der Waals surface area contributed by atoms with Crippen LogP contribution in [0.2, 0.25) is 0 Å². The molecule has 110 valence electrons. The molecule has 2 aliphatic rings. The summed E-state index contributed by atoms with van der Waals surface area (Å²) >= 11 is 0. The third-order valence-electron chi connectivity index (χ3n) is 5.57. The van der Waals surface area contributed by atoms with Gasteiger partial charge in [-0.15, -0.1) is 0 Å². The van der Waals surface area contributed by atoms with E-state index in [9.17, 15) is 0 Å². The van der Waals surface area contributed by atoms with Crippen molar-refractivity contribution in [3.05, 3.63) is 35.4 Å². The normalized spacial score (nSPS) is 28.9. The van der Waals surface area contributed by atoms with Gasteiger partial charge in [-0.3, -0.25) is 0 Å². The van der Waals surface area contributed by atoms with E-state index in [1.165, 1.54) is 62.6 Å². The molecule has 0 amide bonds. The van der Waals surface area contributed by atoms with Gasteiger partial charge < -0.3 is 5.32 Å². The average Bonchev–Trinajstić information content (AvgIpc) is 2.40. The van der Waals surface area contributed by atoms with Crippen molar-refractivity contribution in [2.75, 3.05) is 6.54 Å². The van der Waals surface area contributed by atoms with Gasteiger partial charge in [0.05, 0.1) is 0 Å². The first-order valence-electron chi connectivity index (χ1n) is 8.45. The van der Waals surface area contributed by atoms with Crippen molar-refractivity contribution in [1.29, 1.82) is 0 Å². The SMILES string of the molecule is Cc1ccc(C2CC(NCC3(C)CCCCC3)C2)cc1.